The van der Waals surface area contributed by atoms with E-state index in [1.165, 1.54) is 43.9 Å². The minimum atomic E-state index is -4.00. The molecule has 0 radical (unpaired) electrons. The molecule has 0 aliphatic carbocycles. The lowest BCUT2D eigenvalue weighted by atomic mass is 10.1. The molecule has 200 valence electrons. The second kappa shape index (κ2) is 10.9. The quantitative estimate of drug-likeness (QED) is 0.378. The Balaban J connectivity index is 1.29. The van der Waals surface area contributed by atoms with Gasteiger partial charge in [-0.15, -0.1) is 0 Å². The second-order valence-electron chi connectivity index (χ2n) is 8.83. The van der Waals surface area contributed by atoms with E-state index in [-0.39, 0.29) is 28.1 Å². The van der Waals surface area contributed by atoms with Gasteiger partial charge in [0, 0.05) is 55.7 Å². The Labute approximate surface area is 230 Å². The number of methoxy groups -OCH3 is 1. The molecule has 4 aromatic rings. The molecule has 1 aliphatic heterocycles. The predicted octanol–water partition coefficient (Wildman–Crippen LogP) is 3.69. The van der Waals surface area contributed by atoms with Crippen LogP contribution in [0.1, 0.15) is 20.7 Å². The van der Waals surface area contributed by atoms with Crippen LogP contribution >= 0.6 is 11.6 Å². The summed E-state index contributed by atoms with van der Waals surface area (Å²) in [6.45, 7) is 1.38. The number of sulfonamides is 1. The van der Waals surface area contributed by atoms with Crippen LogP contribution in [0.5, 0.6) is 5.75 Å². The zero-order chi connectivity index (χ0) is 27.6. The van der Waals surface area contributed by atoms with Crippen LogP contribution in [0, 0.1) is 0 Å². The fraction of sp³-hybridized carbons (Fsp3) is 0.185. The van der Waals surface area contributed by atoms with Gasteiger partial charge in [-0.25, -0.2) is 8.42 Å². The maximum Gasteiger partial charge on any atom is 0.264 e. The molecule has 0 spiro atoms. The summed E-state index contributed by atoms with van der Waals surface area (Å²) in [5, 5.41) is 1.07. The van der Waals surface area contributed by atoms with Crippen LogP contribution in [0.2, 0.25) is 5.02 Å². The molecule has 1 fully saturated rings. The number of piperazine rings is 1. The van der Waals surface area contributed by atoms with Crippen molar-refractivity contribution in [1.82, 2.24) is 19.8 Å². The van der Waals surface area contributed by atoms with Crippen molar-refractivity contribution in [1.29, 1.82) is 0 Å². The smallest absolute Gasteiger partial charge is 0.264 e. The summed E-state index contributed by atoms with van der Waals surface area (Å²) < 4.78 is 34.4. The number of hydrogen-bond donors (Lipinski definition) is 1. The Hall–Kier alpha value is -4.22. The molecule has 12 heteroatoms. The zero-order valence-corrected chi connectivity index (χ0v) is 22.4. The molecule has 1 saturated heterocycles. The third kappa shape index (κ3) is 5.50. The number of nitrogens with zero attached hydrogens (tertiary/aromatic N) is 4. The molecule has 2 aromatic heterocycles. The first-order valence-corrected chi connectivity index (χ1v) is 13.9. The number of hydrogen-bond acceptors (Lipinski definition) is 7. The highest BCUT2D eigenvalue weighted by Gasteiger charge is 2.27. The van der Waals surface area contributed by atoms with Crippen molar-refractivity contribution < 1.29 is 22.7 Å². The van der Waals surface area contributed by atoms with Crippen LogP contribution in [-0.4, -0.2) is 73.3 Å². The SMILES string of the molecule is COc1cc(C(=O)N2CCN(C(=O)c3cncc(Cl)c3)CC2)ccc1NS(=O)(=O)c1cccc2cccnc12. The Morgan fingerprint density at radius 2 is 1.62 bits per heavy atom. The van der Waals surface area contributed by atoms with E-state index >= 15 is 0 Å². The summed E-state index contributed by atoms with van der Waals surface area (Å²) in [6, 6.07) is 14.5. The van der Waals surface area contributed by atoms with Gasteiger partial charge in [0.2, 0.25) is 0 Å². The van der Waals surface area contributed by atoms with Crippen molar-refractivity contribution in [2.45, 2.75) is 4.90 Å². The van der Waals surface area contributed by atoms with Gasteiger partial charge in [-0.1, -0.05) is 29.8 Å². The van der Waals surface area contributed by atoms with E-state index in [1.807, 2.05) is 0 Å². The highest BCUT2D eigenvalue weighted by Crippen LogP contribution is 2.30. The average Bonchev–Trinajstić information content (AvgIpc) is 2.96. The number of amides is 2. The monoisotopic (exact) mass is 565 g/mol. The third-order valence-electron chi connectivity index (χ3n) is 6.38. The first-order chi connectivity index (χ1) is 18.8. The molecule has 10 nitrogen and oxygen atoms in total. The molecule has 5 rings (SSSR count). The highest BCUT2D eigenvalue weighted by molar-refractivity contribution is 7.93. The molecule has 0 unspecified atom stereocenters. The highest BCUT2D eigenvalue weighted by atomic mass is 35.5. The molecule has 3 heterocycles. The fourth-order valence-electron chi connectivity index (χ4n) is 4.41. The standard InChI is InChI=1S/C27H24ClN5O5S/c1-38-23-15-19(26(34)32-10-12-33(13-11-32)27(35)20-14-21(28)17-29-16-20)7-8-22(23)31-39(36,37)24-6-2-4-18-5-3-9-30-25(18)24/h2-9,14-17,31H,10-13H2,1H3. The normalized spacial score (nSPS) is 13.8. The molecule has 2 amide bonds. The maximum atomic E-state index is 13.2. The van der Waals surface area contributed by atoms with Crippen LogP contribution in [0.4, 0.5) is 5.69 Å². The van der Waals surface area contributed by atoms with Gasteiger partial charge in [0.1, 0.15) is 10.6 Å². The number of ether oxygens (including phenoxy) is 1. The number of carbonyl (C=O) groups excluding carboxylic acids is 2. The van der Waals surface area contributed by atoms with Crippen molar-refractivity contribution in [2.75, 3.05) is 38.0 Å². The molecular formula is C27H24ClN5O5S. The van der Waals surface area contributed by atoms with Crippen molar-refractivity contribution in [3.63, 3.8) is 0 Å². The number of carbonyl (C=O) groups is 2. The Morgan fingerprint density at radius 3 is 2.31 bits per heavy atom. The number of pyridine rings is 2. The number of rotatable bonds is 6. The van der Waals surface area contributed by atoms with Gasteiger partial charge in [0.15, 0.2) is 0 Å². The van der Waals surface area contributed by atoms with Gasteiger partial charge in [-0.05, 0) is 36.4 Å². The van der Waals surface area contributed by atoms with E-state index in [2.05, 4.69) is 14.7 Å². The number of halogens is 1. The molecule has 2 aromatic carbocycles. The summed E-state index contributed by atoms with van der Waals surface area (Å²) >= 11 is 5.95. The number of para-hydroxylation sites is 1. The van der Waals surface area contributed by atoms with Gasteiger partial charge >= 0.3 is 0 Å². The van der Waals surface area contributed by atoms with E-state index in [4.69, 9.17) is 16.3 Å². The molecule has 1 aliphatic rings. The average molecular weight is 566 g/mol. The number of nitrogens with one attached hydrogen (secondary N) is 1. The topological polar surface area (TPSA) is 122 Å². The lowest BCUT2D eigenvalue weighted by Gasteiger charge is -2.35. The van der Waals surface area contributed by atoms with E-state index in [0.29, 0.717) is 53.2 Å². The zero-order valence-electron chi connectivity index (χ0n) is 20.9. The molecule has 0 atom stereocenters. The van der Waals surface area contributed by atoms with E-state index in [0.717, 1.165) is 0 Å². The first kappa shape index (κ1) is 26.4. The number of benzene rings is 2. The summed E-state index contributed by atoms with van der Waals surface area (Å²) in [6.07, 6.45) is 4.46. The van der Waals surface area contributed by atoms with E-state index < -0.39 is 10.0 Å². The maximum absolute atomic E-state index is 13.2. The van der Waals surface area contributed by atoms with E-state index in [9.17, 15) is 18.0 Å². The predicted molar refractivity (Wildman–Crippen MR) is 147 cm³/mol. The van der Waals surface area contributed by atoms with Gasteiger partial charge in [0.25, 0.3) is 21.8 Å². The van der Waals surface area contributed by atoms with E-state index in [1.54, 1.807) is 46.2 Å². The second-order valence-corrected chi connectivity index (χ2v) is 10.9. The Bertz CT molecular complexity index is 1670. The molecular weight excluding hydrogens is 542 g/mol. The summed E-state index contributed by atoms with van der Waals surface area (Å²) in [4.78, 5) is 37.5. The van der Waals surface area contributed by atoms with Gasteiger partial charge in [-0.3, -0.25) is 24.3 Å². The van der Waals surface area contributed by atoms with Gasteiger partial charge < -0.3 is 14.5 Å². The van der Waals surface area contributed by atoms with Crippen LogP contribution in [0.3, 0.4) is 0 Å². The largest absolute Gasteiger partial charge is 0.495 e. The third-order valence-corrected chi connectivity index (χ3v) is 7.99. The van der Waals surface area contributed by atoms with Crippen LogP contribution in [0.15, 0.2) is 78.1 Å². The summed E-state index contributed by atoms with van der Waals surface area (Å²) in [5.74, 6) is -0.255. The van der Waals surface area contributed by atoms with Crippen molar-refractivity contribution >= 4 is 50.0 Å². The van der Waals surface area contributed by atoms with Crippen molar-refractivity contribution in [2.24, 2.45) is 0 Å². The van der Waals surface area contributed by atoms with Crippen LogP contribution < -0.4 is 9.46 Å². The summed E-state index contributed by atoms with van der Waals surface area (Å²) in [5.41, 5.74) is 1.26. The number of fused-ring (bicyclic) bond motifs is 1. The van der Waals surface area contributed by atoms with Gasteiger partial charge in [-0.2, -0.15) is 0 Å². The molecule has 0 saturated carbocycles. The minimum Gasteiger partial charge on any atom is -0.495 e. The number of anilines is 1. The Morgan fingerprint density at radius 1 is 0.923 bits per heavy atom. The molecule has 39 heavy (non-hydrogen) atoms. The molecule has 1 N–H and O–H groups in total. The lowest BCUT2D eigenvalue weighted by molar-refractivity contribution is 0.0535. The van der Waals surface area contributed by atoms with Gasteiger partial charge in [0.05, 0.1) is 28.9 Å². The minimum absolute atomic E-state index is 0.0313. The fourth-order valence-corrected chi connectivity index (χ4v) is 5.83. The van der Waals surface area contributed by atoms with Crippen LogP contribution in [-0.2, 0) is 10.0 Å². The lowest BCUT2D eigenvalue weighted by Crippen LogP contribution is -2.50. The van der Waals surface area contributed by atoms with Crippen molar-refractivity contribution in [3.8, 4) is 5.75 Å². The number of aromatic nitrogens is 2. The van der Waals surface area contributed by atoms with Crippen LogP contribution in [0.25, 0.3) is 10.9 Å². The van der Waals surface area contributed by atoms with Crippen molar-refractivity contribution in [3.05, 3.63) is 89.3 Å². The Kier molecular flexibility index (Phi) is 7.36. The summed E-state index contributed by atoms with van der Waals surface area (Å²) in [7, 11) is -2.61. The first-order valence-electron chi connectivity index (χ1n) is 12.0. The molecule has 0 bridgehead atoms.